The fraction of sp³-hybridized carbons (Fsp3) is 0.586. The second kappa shape index (κ2) is 13.2. The molecule has 0 radical (unpaired) electrons. The van der Waals surface area contributed by atoms with E-state index in [9.17, 15) is 0 Å². The van der Waals surface area contributed by atoms with E-state index in [2.05, 4.69) is 62.2 Å². The molecule has 10 heteroatoms. The van der Waals surface area contributed by atoms with Gasteiger partial charge in [-0.05, 0) is 56.2 Å². The van der Waals surface area contributed by atoms with Crippen LogP contribution in [0.25, 0.3) is 10.9 Å². The van der Waals surface area contributed by atoms with Crippen molar-refractivity contribution in [2.45, 2.75) is 71.0 Å². The molecule has 208 valence electrons. The summed E-state index contributed by atoms with van der Waals surface area (Å²) >= 11 is 0. The highest BCUT2D eigenvalue weighted by Gasteiger charge is 2.26. The monoisotopic (exact) mass is 531 g/mol. The molecule has 0 bridgehead atoms. The molecule has 1 saturated carbocycles. The number of aromatic nitrogens is 4. The predicted molar refractivity (Wildman–Crippen MR) is 154 cm³/mol. The van der Waals surface area contributed by atoms with Gasteiger partial charge >= 0.3 is 0 Å². The van der Waals surface area contributed by atoms with Crippen LogP contribution in [0.1, 0.15) is 56.7 Å². The van der Waals surface area contributed by atoms with Crippen LogP contribution in [0, 0.1) is 24.2 Å². The van der Waals surface area contributed by atoms with Gasteiger partial charge in [-0.25, -0.2) is 4.98 Å². The summed E-state index contributed by atoms with van der Waals surface area (Å²) in [5, 5.41) is 28.0. The van der Waals surface area contributed by atoms with E-state index in [1.807, 2.05) is 13.0 Å². The van der Waals surface area contributed by atoms with Gasteiger partial charge in [0.05, 0.1) is 24.8 Å². The summed E-state index contributed by atoms with van der Waals surface area (Å²) < 4.78 is 5.52. The first-order valence-corrected chi connectivity index (χ1v) is 14.4. The molecule has 1 aliphatic heterocycles. The molecule has 0 spiro atoms. The standard InChI is InChI=1S/C29H41N9O/c1-3-21-5-7-23(31-10-4-9-30)18-24(16-21)32-29-33-26-17-22(19-38-11-13-39-14-12-38)6-8-25(26)28(35-29)34-27-15-20(2)36-37-27/h6,8,15,17,21,23-24,31H,3-5,7,10-14,16,18-19H2,1-2H3,(H3,32,33,34,35,36,37). The molecular formula is C29H41N9O. The maximum Gasteiger partial charge on any atom is 0.225 e. The zero-order valence-electron chi connectivity index (χ0n) is 23.2. The van der Waals surface area contributed by atoms with Crippen molar-refractivity contribution in [3.8, 4) is 6.07 Å². The van der Waals surface area contributed by atoms with Gasteiger partial charge in [0.15, 0.2) is 5.82 Å². The Bertz CT molecular complexity index is 1260. The van der Waals surface area contributed by atoms with Crippen molar-refractivity contribution < 1.29 is 4.74 Å². The third-order valence-corrected chi connectivity index (χ3v) is 7.91. The molecule has 10 nitrogen and oxygen atoms in total. The van der Waals surface area contributed by atoms with Crippen LogP contribution in [0.15, 0.2) is 24.3 Å². The Balaban J connectivity index is 1.41. The minimum Gasteiger partial charge on any atom is -0.379 e. The van der Waals surface area contributed by atoms with Crippen molar-refractivity contribution >= 4 is 28.5 Å². The number of rotatable bonds is 10. The largest absolute Gasteiger partial charge is 0.379 e. The number of ether oxygens (including phenoxy) is 1. The summed E-state index contributed by atoms with van der Waals surface area (Å²) in [7, 11) is 0. The van der Waals surface area contributed by atoms with Crippen molar-refractivity contribution in [2.24, 2.45) is 5.92 Å². The molecule has 39 heavy (non-hydrogen) atoms. The van der Waals surface area contributed by atoms with Crippen molar-refractivity contribution in [3.05, 3.63) is 35.5 Å². The van der Waals surface area contributed by atoms with Crippen LogP contribution in [0.2, 0.25) is 0 Å². The molecular weight excluding hydrogens is 490 g/mol. The van der Waals surface area contributed by atoms with Crippen molar-refractivity contribution in [1.82, 2.24) is 30.4 Å². The fourth-order valence-corrected chi connectivity index (χ4v) is 5.76. The Morgan fingerprint density at radius 3 is 2.77 bits per heavy atom. The molecule has 4 N–H and O–H groups in total. The molecule has 2 aromatic heterocycles. The van der Waals surface area contributed by atoms with Crippen LogP contribution in [-0.4, -0.2) is 70.0 Å². The summed E-state index contributed by atoms with van der Waals surface area (Å²) in [4.78, 5) is 12.4. The van der Waals surface area contributed by atoms with Crippen LogP contribution < -0.4 is 16.0 Å². The number of aromatic amines is 1. The number of anilines is 3. The van der Waals surface area contributed by atoms with Gasteiger partial charge in [-0.1, -0.05) is 19.4 Å². The Labute approximate surface area is 230 Å². The second-order valence-corrected chi connectivity index (χ2v) is 10.9. The van der Waals surface area contributed by atoms with E-state index in [1.54, 1.807) is 0 Å². The SMILES string of the molecule is CCC1CCC(NCCC#N)CC(Nc2nc(Nc3cc(C)[nH]n3)c3ccc(CN4CCOCC4)cc3n2)C1. The smallest absolute Gasteiger partial charge is 0.225 e. The molecule has 2 aliphatic rings. The summed E-state index contributed by atoms with van der Waals surface area (Å²) in [6, 6.07) is 11.3. The Kier molecular flexibility index (Phi) is 9.24. The van der Waals surface area contributed by atoms with Crippen LogP contribution in [0.4, 0.5) is 17.6 Å². The molecule has 3 heterocycles. The normalized spacial score (nSPS) is 22.3. The summed E-state index contributed by atoms with van der Waals surface area (Å²) in [6.07, 6.45) is 6.12. The third-order valence-electron chi connectivity index (χ3n) is 7.91. The lowest BCUT2D eigenvalue weighted by atomic mass is 9.96. The number of hydrogen-bond acceptors (Lipinski definition) is 9. The first-order chi connectivity index (χ1) is 19.1. The van der Waals surface area contributed by atoms with E-state index in [0.717, 1.165) is 93.3 Å². The number of H-pyrrole nitrogens is 1. The second-order valence-electron chi connectivity index (χ2n) is 10.9. The van der Waals surface area contributed by atoms with Gasteiger partial charge in [0, 0.05) is 61.8 Å². The predicted octanol–water partition coefficient (Wildman–Crippen LogP) is 4.49. The molecule has 3 atom stereocenters. The van der Waals surface area contributed by atoms with Crippen molar-refractivity contribution in [2.75, 3.05) is 43.5 Å². The van der Waals surface area contributed by atoms with Gasteiger partial charge in [0.25, 0.3) is 0 Å². The number of fused-ring (bicyclic) bond motifs is 1. The lowest BCUT2D eigenvalue weighted by molar-refractivity contribution is 0.0342. The lowest BCUT2D eigenvalue weighted by Gasteiger charge is -2.26. The zero-order chi connectivity index (χ0) is 27.0. The highest BCUT2D eigenvalue weighted by Crippen LogP contribution is 2.30. The Morgan fingerprint density at radius 2 is 2.00 bits per heavy atom. The van der Waals surface area contributed by atoms with Gasteiger partial charge < -0.3 is 20.7 Å². The topological polar surface area (TPSA) is 127 Å². The van der Waals surface area contributed by atoms with E-state index in [-0.39, 0.29) is 6.04 Å². The quantitative estimate of drug-likeness (QED) is 0.221. The van der Waals surface area contributed by atoms with Gasteiger partial charge in [0.2, 0.25) is 5.95 Å². The minimum absolute atomic E-state index is 0.256. The van der Waals surface area contributed by atoms with Gasteiger partial charge in [-0.3, -0.25) is 10.00 Å². The van der Waals surface area contributed by atoms with Gasteiger partial charge in [-0.15, -0.1) is 0 Å². The maximum absolute atomic E-state index is 8.97. The Hall–Kier alpha value is -3.26. The van der Waals surface area contributed by atoms with E-state index in [0.29, 0.717) is 24.3 Å². The Morgan fingerprint density at radius 1 is 1.13 bits per heavy atom. The first-order valence-electron chi connectivity index (χ1n) is 14.4. The molecule has 0 amide bonds. The molecule has 1 aliphatic carbocycles. The number of aryl methyl sites for hydroxylation is 1. The average molecular weight is 532 g/mol. The van der Waals surface area contributed by atoms with Gasteiger partial charge in [0.1, 0.15) is 5.82 Å². The molecule has 3 aromatic rings. The van der Waals surface area contributed by atoms with Crippen LogP contribution >= 0.6 is 0 Å². The summed E-state index contributed by atoms with van der Waals surface area (Å²) in [5.74, 6) is 2.78. The van der Waals surface area contributed by atoms with E-state index < -0.39 is 0 Å². The maximum atomic E-state index is 8.97. The van der Waals surface area contributed by atoms with E-state index in [4.69, 9.17) is 20.0 Å². The van der Waals surface area contributed by atoms with Gasteiger partial charge in [-0.2, -0.15) is 15.3 Å². The number of benzene rings is 1. The van der Waals surface area contributed by atoms with Crippen molar-refractivity contribution in [1.29, 1.82) is 5.26 Å². The highest BCUT2D eigenvalue weighted by molar-refractivity contribution is 5.92. The number of hydrogen-bond donors (Lipinski definition) is 4. The zero-order valence-corrected chi connectivity index (χ0v) is 23.2. The first kappa shape index (κ1) is 27.3. The molecule has 1 saturated heterocycles. The van der Waals surface area contributed by atoms with Crippen LogP contribution in [0.5, 0.6) is 0 Å². The minimum atomic E-state index is 0.256. The van der Waals surface area contributed by atoms with Crippen LogP contribution in [0.3, 0.4) is 0 Å². The van der Waals surface area contributed by atoms with Crippen LogP contribution in [-0.2, 0) is 11.3 Å². The van der Waals surface area contributed by atoms with Crippen molar-refractivity contribution in [3.63, 3.8) is 0 Å². The summed E-state index contributed by atoms with van der Waals surface area (Å²) in [6.45, 7) is 9.35. The molecule has 1 aromatic carbocycles. The molecule has 2 fully saturated rings. The third kappa shape index (κ3) is 7.44. The number of nitrogens with one attached hydrogen (secondary N) is 4. The van der Waals surface area contributed by atoms with E-state index >= 15 is 0 Å². The fourth-order valence-electron chi connectivity index (χ4n) is 5.76. The lowest BCUT2D eigenvalue weighted by Crippen LogP contribution is -2.35. The number of nitrogens with zero attached hydrogens (tertiary/aromatic N) is 5. The molecule has 3 unspecified atom stereocenters. The molecule has 5 rings (SSSR count). The van der Waals surface area contributed by atoms with E-state index in [1.165, 1.54) is 12.0 Å². The highest BCUT2D eigenvalue weighted by atomic mass is 16.5. The number of nitriles is 1. The average Bonchev–Trinajstić information content (AvgIpc) is 3.24. The summed E-state index contributed by atoms with van der Waals surface area (Å²) in [5.41, 5.74) is 3.14. The number of morpholine rings is 1.